The number of phenols is 1. The van der Waals surface area contributed by atoms with Crippen LogP contribution in [0, 0.1) is 17.8 Å². The van der Waals surface area contributed by atoms with Gasteiger partial charge in [0.25, 0.3) is 0 Å². The van der Waals surface area contributed by atoms with Crippen LogP contribution in [0.2, 0.25) is 0 Å². The number of phenolic OH excluding ortho intramolecular Hbond substituents is 1. The predicted octanol–water partition coefficient (Wildman–Crippen LogP) is 4.99. The first-order valence-corrected chi connectivity index (χ1v) is 9.47. The molecule has 0 amide bonds. The summed E-state index contributed by atoms with van der Waals surface area (Å²) in [4.78, 5) is 12.7. The van der Waals surface area contributed by atoms with E-state index >= 15 is 0 Å². The van der Waals surface area contributed by atoms with Gasteiger partial charge in [0, 0.05) is 5.92 Å². The molecule has 1 saturated carbocycles. The summed E-state index contributed by atoms with van der Waals surface area (Å²) in [6.45, 7) is 1.71. The first kappa shape index (κ1) is 16.4. The molecule has 3 heteroatoms. The number of benzene rings is 1. The maximum Gasteiger partial charge on any atom is 0.137 e. The van der Waals surface area contributed by atoms with Gasteiger partial charge in [0.05, 0.1) is 0 Å². The zero-order valence-electron chi connectivity index (χ0n) is 14.7. The van der Waals surface area contributed by atoms with Crippen LogP contribution in [0.3, 0.4) is 0 Å². The lowest BCUT2D eigenvalue weighted by Crippen LogP contribution is -2.41. The highest BCUT2D eigenvalue weighted by molar-refractivity contribution is 5.85. The summed E-state index contributed by atoms with van der Waals surface area (Å²) in [6, 6.07) is 5.58. The van der Waals surface area contributed by atoms with E-state index in [4.69, 9.17) is 0 Å². The first-order chi connectivity index (χ1) is 12.1. The Bertz CT molecular complexity index is 746. The molecule has 132 valence electrons. The second-order valence-electron chi connectivity index (χ2n) is 7.92. The lowest BCUT2D eigenvalue weighted by atomic mass is 9.55. The van der Waals surface area contributed by atoms with E-state index < -0.39 is 0 Å². The average Bonchev–Trinajstić information content (AvgIpc) is 2.61. The fraction of sp³-hybridized carbons (Fsp3) is 0.500. The molecule has 0 radical (unpaired) electrons. The van der Waals surface area contributed by atoms with Gasteiger partial charge in [-0.15, -0.1) is 0 Å². The Labute approximate surface area is 149 Å². The fourth-order valence-electron chi connectivity index (χ4n) is 5.59. The summed E-state index contributed by atoms with van der Waals surface area (Å²) in [6.07, 6.45) is 11.3. The van der Waals surface area contributed by atoms with Gasteiger partial charge in [-0.3, -0.25) is 4.79 Å². The Balaban J connectivity index is 1.82. The molecule has 1 unspecified atom stereocenters. The van der Waals surface area contributed by atoms with Crippen molar-refractivity contribution in [1.82, 2.24) is 0 Å². The number of aromatic hydroxyl groups is 1. The van der Waals surface area contributed by atoms with E-state index in [1.165, 1.54) is 18.4 Å². The van der Waals surface area contributed by atoms with Crippen LogP contribution in [0.5, 0.6) is 5.75 Å². The molecule has 1 fully saturated rings. The SMILES string of the molecule is CC(=O)[C@H]1c2ccc(O)cc2[C@@H]2CCCC[C@@H]2[C@@H]1C1C=CC(O)=CC1. The molecular formula is C22H26O3. The summed E-state index contributed by atoms with van der Waals surface area (Å²) < 4.78 is 0. The lowest BCUT2D eigenvalue weighted by Gasteiger charge is -2.49. The van der Waals surface area contributed by atoms with Gasteiger partial charge in [-0.2, -0.15) is 0 Å². The third-order valence-corrected chi connectivity index (χ3v) is 6.55. The number of carbonyl (C=O) groups is 1. The number of aliphatic hydroxyl groups is 1. The second kappa shape index (κ2) is 6.36. The molecule has 0 heterocycles. The minimum absolute atomic E-state index is 0.113. The highest BCUT2D eigenvalue weighted by Gasteiger charge is 2.47. The van der Waals surface area contributed by atoms with E-state index in [-0.39, 0.29) is 23.5 Å². The Morgan fingerprint density at radius 3 is 2.64 bits per heavy atom. The molecule has 0 bridgehead atoms. The van der Waals surface area contributed by atoms with Crippen molar-refractivity contribution in [2.24, 2.45) is 17.8 Å². The zero-order chi connectivity index (χ0) is 17.6. The van der Waals surface area contributed by atoms with Crippen molar-refractivity contribution >= 4 is 5.78 Å². The highest BCUT2D eigenvalue weighted by Crippen LogP contribution is 2.56. The molecule has 3 aliphatic rings. The van der Waals surface area contributed by atoms with Crippen LogP contribution in [0.15, 0.2) is 42.2 Å². The maximum absolute atomic E-state index is 12.7. The Hall–Kier alpha value is -2.03. The molecule has 0 aliphatic heterocycles. The molecule has 0 aromatic heterocycles. The molecule has 25 heavy (non-hydrogen) atoms. The molecule has 3 aliphatic carbocycles. The van der Waals surface area contributed by atoms with E-state index in [1.54, 1.807) is 19.1 Å². The van der Waals surface area contributed by atoms with Crippen molar-refractivity contribution in [3.8, 4) is 5.75 Å². The van der Waals surface area contributed by atoms with Crippen molar-refractivity contribution in [2.45, 2.75) is 50.9 Å². The minimum Gasteiger partial charge on any atom is -0.508 e. The van der Waals surface area contributed by atoms with Crippen molar-refractivity contribution in [2.75, 3.05) is 0 Å². The van der Waals surface area contributed by atoms with Gasteiger partial charge < -0.3 is 10.2 Å². The van der Waals surface area contributed by atoms with Gasteiger partial charge >= 0.3 is 0 Å². The predicted molar refractivity (Wildman–Crippen MR) is 97.7 cm³/mol. The van der Waals surface area contributed by atoms with Crippen LogP contribution in [-0.2, 0) is 4.79 Å². The largest absolute Gasteiger partial charge is 0.508 e. The number of rotatable bonds is 2. The summed E-state index contributed by atoms with van der Waals surface area (Å²) in [5.41, 5.74) is 2.31. The molecule has 2 N–H and O–H groups in total. The minimum atomic E-state index is -0.113. The third-order valence-electron chi connectivity index (χ3n) is 6.55. The topological polar surface area (TPSA) is 57.5 Å². The van der Waals surface area contributed by atoms with Crippen molar-refractivity contribution < 1.29 is 15.0 Å². The standard InChI is InChI=1S/C22H26O3/c1-13(23)21-19-11-10-16(25)12-20(19)17-4-2-3-5-18(17)22(21)14-6-8-15(24)9-7-14/h6,8-12,14,17-18,21-22,24-25H,2-5,7H2,1H3/t14?,17-,18+,21+,22+/m1/s1. The van der Waals surface area contributed by atoms with Crippen LogP contribution in [0.25, 0.3) is 0 Å². The van der Waals surface area contributed by atoms with E-state index in [0.717, 1.165) is 24.8 Å². The normalized spacial score (nSPS) is 34.0. The quantitative estimate of drug-likeness (QED) is 0.799. The maximum atomic E-state index is 12.7. The first-order valence-electron chi connectivity index (χ1n) is 9.47. The molecule has 0 spiro atoms. The number of hydrogen-bond donors (Lipinski definition) is 2. The molecule has 0 saturated heterocycles. The molecule has 1 aromatic rings. The fourth-order valence-corrected chi connectivity index (χ4v) is 5.59. The second-order valence-corrected chi connectivity index (χ2v) is 7.92. The van der Waals surface area contributed by atoms with Gasteiger partial charge in [-0.05, 0) is 85.3 Å². The smallest absolute Gasteiger partial charge is 0.137 e. The number of allylic oxidation sites excluding steroid dienone is 3. The summed E-state index contributed by atoms with van der Waals surface area (Å²) >= 11 is 0. The number of hydrogen-bond acceptors (Lipinski definition) is 3. The van der Waals surface area contributed by atoms with Crippen molar-refractivity contribution in [1.29, 1.82) is 0 Å². The van der Waals surface area contributed by atoms with Crippen molar-refractivity contribution in [3.63, 3.8) is 0 Å². The molecule has 3 nitrogen and oxygen atoms in total. The van der Waals surface area contributed by atoms with Gasteiger partial charge in [-0.25, -0.2) is 0 Å². The number of fused-ring (bicyclic) bond motifs is 3. The molecule has 1 aromatic carbocycles. The van der Waals surface area contributed by atoms with Gasteiger partial charge in [-0.1, -0.05) is 25.0 Å². The van der Waals surface area contributed by atoms with Crippen LogP contribution in [0.1, 0.15) is 62.0 Å². The van der Waals surface area contributed by atoms with Crippen LogP contribution >= 0.6 is 0 Å². The number of carbonyl (C=O) groups excluding carboxylic acids is 1. The summed E-state index contributed by atoms with van der Waals surface area (Å²) in [5.74, 6) is 2.21. The zero-order valence-corrected chi connectivity index (χ0v) is 14.7. The molecule has 5 atom stereocenters. The third kappa shape index (κ3) is 2.80. The van der Waals surface area contributed by atoms with Crippen LogP contribution in [-0.4, -0.2) is 16.0 Å². The summed E-state index contributed by atoms with van der Waals surface area (Å²) in [5, 5.41) is 19.7. The Morgan fingerprint density at radius 1 is 1.12 bits per heavy atom. The van der Waals surface area contributed by atoms with Gasteiger partial charge in [0.1, 0.15) is 17.3 Å². The summed E-state index contributed by atoms with van der Waals surface area (Å²) in [7, 11) is 0. The van der Waals surface area contributed by atoms with E-state index in [2.05, 4.69) is 6.08 Å². The number of ketones is 1. The molecule has 4 rings (SSSR count). The monoisotopic (exact) mass is 338 g/mol. The lowest BCUT2D eigenvalue weighted by molar-refractivity contribution is -0.121. The Morgan fingerprint density at radius 2 is 1.92 bits per heavy atom. The van der Waals surface area contributed by atoms with Gasteiger partial charge in [0.15, 0.2) is 0 Å². The van der Waals surface area contributed by atoms with Gasteiger partial charge in [0.2, 0.25) is 0 Å². The Kier molecular flexibility index (Phi) is 4.18. The molecular weight excluding hydrogens is 312 g/mol. The van der Waals surface area contributed by atoms with E-state index in [9.17, 15) is 15.0 Å². The van der Waals surface area contributed by atoms with E-state index in [1.807, 2.05) is 18.2 Å². The van der Waals surface area contributed by atoms with Crippen LogP contribution < -0.4 is 0 Å². The van der Waals surface area contributed by atoms with Crippen LogP contribution in [0.4, 0.5) is 0 Å². The van der Waals surface area contributed by atoms with Crippen molar-refractivity contribution in [3.05, 3.63) is 53.3 Å². The average molecular weight is 338 g/mol. The number of aliphatic hydroxyl groups excluding tert-OH is 1. The van der Waals surface area contributed by atoms with E-state index in [0.29, 0.717) is 23.3 Å². The highest BCUT2D eigenvalue weighted by atomic mass is 16.3. The number of Topliss-reactive ketones (excluding diaryl/α,β-unsaturated/α-hetero) is 1.